The maximum atomic E-state index is 13.2. The van der Waals surface area contributed by atoms with Crippen LogP contribution in [0.25, 0.3) is 22.6 Å². The lowest BCUT2D eigenvalue weighted by molar-refractivity contribution is -0.142. The Morgan fingerprint density at radius 3 is 2.48 bits per heavy atom. The molecule has 9 nitrogen and oxygen atoms in total. The first-order chi connectivity index (χ1) is 14.6. The molecular weight excluding hydrogens is 435 g/mol. The summed E-state index contributed by atoms with van der Waals surface area (Å²) in [4.78, 5) is 30.5. The van der Waals surface area contributed by atoms with Crippen LogP contribution in [0.3, 0.4) is 0 Å². The van der Waals surface area contributed by atoms with E-state index in [1.807, 2.05) is 13.8 Å². The first-order valence-electron chi connectivity index (χ1n) is 9.76. The molecule has 3 aromatic rings. The third kappa shape index (κ3) is 4.27. The number of hydrogen-bond donors (Lipinski definition) is 1. The highest BCUT2D eigenvalue weighted by Gasteiger charge is 2.29. The molecule has 0 fully saturated rings. The average Bonchev–Trinajstić information content (AvgIpc) is 3.29. The molecule has 0 aromatic carbocycles. The molecule has 0 atom stereocenters. The fourth-order valence-electron chi connectivity index (χ4n) is 3.32. The summed E-state index contributed by atoms with van der Waals surface area (Å²) in [6, 6.07) is 0. The van der Waals surface area contributed by atoms with Crippen molar-refractivity contribution in [3.05, 3.63) is 33.2 Å². The van der Waals surface area contributed by atoms with E-state index < -0.39 is 24.0 Å². The Morgan fingerprint density at radius 2 is 1.90 bits per heavy atom. The summed E-state index contributed by atoms with van der Waals surface area (Å²) in [5.74, 6) is 0.127. The van der Waals surface area contributed by atoms with Gasteiger partial charge in [-0.15, -0.1) is 0 Å². The van der Waals surface area contributed by atoms with Crippen molar-refractivity contribution in [3.8, 4) is 11.4 Å². The van der Waals surface area contributed by atoms with Gasteiger partial charge in [0.25, 0.3) is 5.56 Å². The molecule has 168 valence electrons. The zero-order valence-electron chi connectivity index (χ0n) is 17.2. The van der Waals surface area contributed by atoms with Gasteiger partial charge in [0.1, 0.15) is 6.54 Å². The van der Waals surface area contributed by atoms with E-state index in [9.17, 15) is 22.8 Å². The summed E-state index contributed by atoms with van der Waals surface area (Å²) in [5.41, 5.74) is -0.631. The number of hydrogen-bond acceptors (Lipinski definition) is 5. The number of aromatic nitrogens is 6. The number of imidazole rings is 1. The molecule has 13 heteroatoms. The van der Waals surface area contributed by atoms with Gasteiger partial charge in [0.2, 0.25) is 0 Å². The van der Waals surface area contributed by atoms with Crippen LogP contribution in [0.1, 0.15) is 27.2 Å². The first-order valence-corrected chi connectivity index (χ1v) is 10.2. The molecule has 0 aliphatic carbocycles. The first kappa shape index (κ1) is 22.7. The van der Waals surface area contributed by atoms with Crippen LogP contribution in [0.15, 0.2) is 22.0 Å². The van der Waals surface area contributed by atoms with Gasteiger partial charge in [-0.3, -0.25) is 23.2 Å². The summed E-state index contributed by atoms with van der Waals surface area (Å²) < 4.78 is 42.8. The molecule has 3 heterocycles. The third-order valence-corrected chi connectivity index (χ3v) is 4.88. The van der Waals surface area contributed by atoms with Crippen LogP contribution in [-0.4, -0.2) is 46.3 Å². The van der Waals surface area contributed by atoms with E-state index in [1.165, 1.54) is 21.5 Å². The number of nitrogens with zero attached hydrogens (tertiary/aromatic N) is 6. The number of alkyl halides is 3. The Kier molecular flexibility index (Phi) is 6.34. The molecule has 0 aliphatic rings. The van der Waals surface area contributed by atoms with Crippen molar-refractivity contribution < 1.29 is 13.2 Å². The molecular formula is C18H22F3N7O2S. The SMILES string of the molecule is CCCn1c(=O)c2c(nc(-c3cnn(CC(F)(F)F)c3)n2C(=S)NCC)n(CC)c1=O. The van der Waals surface area contributed by atoms with Crippen LogP contribution >= 0.6 is 12.2 Å². The fraction of sp³-hybridized carbons (Fsp3) is 0.500. The molecule has 0 amide bonds. The van der Waals surface area contributed by atoms with Crippen LogP contribution < -0.4 is 16.6 Å². The number of rotatable bonds is 6. The monoisotopic (exact) mass is 457 g/mol. The van der Waals surface area contributed by atoms with Crippen molar-refractivity contribution in [2.45, 2.75) is 53.0 Å². The van der Waals surface area contributed by atoms with E-state index in [-0.39, 0.29) is 40.8 Å². The average molecular weight is 457 g/mol. The number of thiocarbonyl (C=S) groups is 1. The summed E-state index contributed by atoms with van der Waals surface area (Å²) >= 11 is 5.43. The standard InChI is InChI=1S/C18H22F3N7O2S/c1-4-7-27-15(29)12-14(26(6-3)17(27)30)24-13(28(12)16(31)22-5-2)11-8-23-25(9-11)10-18(19,20)21/h8-9H,4-7,10H2,1-3H3,(H,22,31). The molecule has 0 unspecified atom stereocenters. The zero-order valence-corrected chi connectivity index (χ0v) is 18.0. The number of aryl methyl sites for hydroxylation is 1. The highest BCUT2D eigenvalue weighted by Crippen LogP contribution is 2.24. The second kappa shape index (κ2) is 8.65. The second-order valence-electron chi connectivity index (χ2n) is 6.80. The van der Waals surface area contributed by atoms with Crippen LogP contribution in [0.4, 0.5) is 13.2 Å². The van der Waals surface area contributed by atoms with Gasteiger partial charge in [-0.25, -0.2) is 9.78 Å². The topological polar surface area (TPSA) is 91.7 Å². The highest BCUT2D eigenvalue weighted by atomic mass is 32.1. The minimum atomic E-state index is -4.45. The quantitative estimate of drug-likeness (QED) is 0.569. The molecule has 3 rings (SSSR count). The Morgan fingerprint density at radius 1 is 1.19 bits per heavy atom. The lowest BCUT2D eigenvalue weighted by atomic mass is 10.3. The van der Waals surface area contributed by atoms with Gasteiger partial charge in [-0.2, -0.15) is 18.3 Å². The van der Waals surface area contributed by atoms with Crippen LogP contribution in [0.5, 0.6) is 0 Å². The molecule has 3 aromatic heterocycles. The number of halogens is 3. The minimum Gasteiger partial charge on any atom is -0.362 e. The molecule has 0 saturated heterocycles. The van der Waals surface area contributed by atoms with E-state index in [4.69, 9.17) is 12.2 Å². The summed E-state index contributed by atoms with van der Waals surface area (Å²) in [7, 11) is 0. The molecule has 0 saturated carbocycles. The van der Waals surface area contributed by atoms with Gasteiger partial charge in [-0.1, -0.05) is 6.92 Å². The van der Waals surface area contributed by atoms with Crippen LogP contribution in [0, 0.1) is 0 Å². The lowest BCUT2D eigenvalue weighted by Gasteiger charge is -2.12. The smallest absolute Gasteiger partial charge is 0.362 e. The van der Waals surface area contributed by atoms with Gasteiger partial charge < -0.3 is 5.32 Å². The molecule has 0 radical (unpaired) electrons. The highest BCUT2D eigenvalue weighted by molar-refractivity contribution is 7.80. The van der Waals surface area contributed by atoms with Gasteiger partial charge >= 0.3 is 11.9 Å². The Labute approximate surface area is 180 Å². The molecule has 0 aliphatic heterocycles. The van der Waals surface area contributed by atoms with Crippen molar-refractivity contribution in [1.82, 2.24) is 33.8 Å². The normalized spacial score (nSPS) is 11.9. The van der Waals surface area contributed by atoms with Gasteiger partial charge in [0.05, 0.1) is 11.8 Å². The Bertz CT molecular complexity index is 1240. The number of fused-ring (bicyclic) bond motifs is 1. The van der Waals surface area contributed by atoms with E-state index >= 15 is 0 Å². The largest absolute Gasteiger partial charge is 0.408 e. The van der Waals surface area contributed by atoms with E-state index in [1.54, 1.807) is 6.92 Å². The molecule has 0 spiro atoms. The maximum absolute atomic E-state index is 13.2. The predicted molar refractivity (Wildman–Crippen MR) is 113 cm³/mol. The fourth-order valence-corrected chi connectivity index (χ4v) is 3.64. The molecule has 0 bridgehead atoms. The predicted octanol–water partition coefficient (Wildman–Crippen LogP) is 1.96. The summed E-state index contributed by atoms with van der Waals surface area (Å²) in [6.45, 7) is 5.03. The van der Waals surface area contributed by atoms with Crippen molar-refractivity contribution >= 4 is 28.5 Å². The molecule has 1 N–H and O–H groups in total. The maximum Gasteiger partial charge on any atom is 0.408 e. The zero-order chi connectivity index (χ0) is 22.9. The van der Waals surface area contributed by atoms with Crippen molar-refractivity contribution in [1.29, 1.82) is 0 Å². The van der Waals surface area contributed by atoms with E-state index in [0.717, 1.165) is 9.25 Å². The van der Waals surface area contributed by atoms with Crippen LogP contribution in [-0.2, 0) is 19.6 Å². The minimum absolute atomic E-state index is 0.0828. The van der Waals surface area contributed by atoms with E-state index in [0.29, 0.717) is 13.0 Å². The summed E-state index contributed by atoms with van der Waals surface area (Å²) in [6.07, 6.45) is -1.48. The van der Waals surface area contributed by atoms with Crippen molar-refractivity contribution in [2.24, 2.45) is 0 Å². The van der Waals surface area contributed by atoms with Gasteiger partial charge in [-0.05, 0) is 32.5 Å². The summed E-state index contributed by atoms with van der Waals surface area (Å²) in [5, 5.41) is 6.83. The van der Waals surface area contributed by atoms with Crippen molar-refractivity contribution in [3.63, 3.8) is 0 Å². The lowest BCUT2D eigenvalue weighted by Crippen LogP contribution is -2.41. The van der Waals surface area contributed by atoms with Crippen molar-refractivity contribution in [2.75, 3.05) is 6.54 Å². The molecule has 31 heavy (non-hydrogen) atoms. The van der Waals surface area contributed by atoms with Gasteiger partial charge in [0, 0.05) is 25.8 Å². The second-order valence-corrected chi connectivity index (χ2v) is 7.19. The number of nitrogens with one attached hydrogen (secondary N) is 1. The van der Waals surface area contributed by atoms with Gasteiger partial charge in [0.15, 0.2) is 22.1 Å². The van der Waals surface area contributed by atoms with E-state index in [2.05, 4.69) is 15.4 Å². The Hall–Kier alpha value is -2.96. The third-order valence-electron chi connectivity index (χ3n) is 4.55. The van der Waals surface area contributed by atoms with Crippen LogP contribution in [0.2, 0.25) is 0 Å². The Balaban J connectivity index is 2.35.